The van der Waals surface area contributed by atoms with E-state index < -0.39 is 5.69 Å². The Bertz CT molecular complexity index is 1430. The SMILES string of the molecule is Cc1ccc(N2C[C@@H](C)Cn3c2nc2c3c(=O)n(Cc3ccc(F)cc3)c(=O)n2C)cc1. The van der Waals surface area contributed by atoms with Gasteiger partial charge in [0.2, 0.25) is 5.95 Å². The Kier molecular flexibility index (Phi) is 4.73. The Morgan fingerprint density at radius 1 is 1.03 bits per heavy atom. The van der Waals surface area contributed by atoms with E-state index in [9.17, 15) is 14.0 Å². The fraction of sp³-hybridized carbons (Fsp3) is 0.292. The van der Waals surface area contributed by atoms with Gasteiger partial charge in [-0.05, 0) is 42.7 Å². The van der Waals surface area contributed by atoms with Crippen LogP contribution in [0.2, 0.25) is 0 Å². The first-order valence-corrected chi connectivity index (χ1v) is 10.6. The van der Waals surface area contributed by atoms with Crippen molar-refractivity contribution >= 4 is 22.8 Å². The first-order chi connectivity index (χ1) is 15.3. The predicted molar refractivity (Wildman–Crippen MR) is 122 cm³/mol. The minimum absolute atomic E-state index is 0.0689. The van der Waals surface area contributed by atoms with Crippen molar-refractivity contribution in [2.75, 3.05) is 11.4 Å². The summed E-state index contributed by atoms with van der Waals surface area (Å²) in [5.74, 6) is 0.580. The van der Waals surface area contributed by atoms with Crippen LogP contribution in [-0.2, 0) is 20.1 Å². The lowest BCUT2D eigenvalue weighted by Crippen LogP contribution is -2.40. The van der Waals surface area contributed by atoms with Gasteiger partial charge in [-0.2, -0.15) is 4.98 Å². The van der Waals surface area contributed by atoms with Gasteiger partial charge < -0.3 is 9.47 Å². The molecule has 4 aromatic rings. The molecule has 1 atom stereocenters. The minimum atomic E-state index is -0.447. The molecule has 0 N–H and O–H groups in total. The summed E-state index contributed by atoms with van der Waals surface area (Å²) in [6.07, 6.45) is 0. The molecule has 32 heavy (non-hydrogen) atoms. The van der Waals surface area contributed by atoms with Crippen molar-refractivity contribution in [3.63, 3.8) is 0 Å². The van der Waals surface area contributed by atoms with Crippen molar-refractivity contribution < 1.29 is 4.39 Å². The summed E-state index contributed by atoms with van der Waals surface area (Å²) >= 11 is 0. The lowest BCUT2D eigenvalue weighted by atomic mass is 10.1. The van der Waals surface area contributed by atoms with Crippen LogP contribution in [0, 0.1) is 18.7 Å². The molecule has 0 spiro atoms. The lowest BCUT2D eigenvalue weighted by Gasteiger charge is -2.33. The standard InChI is InChI=1S/C24H24FN5O2/c1-15-4-10-19(11-5-15)28-12-16(2)13-29-20-21(26-23(28)29)27(3)24(32)30(22(20)31)14-17-6-8-18(25)9-7-17/h4-11,16H,12-14H2,1-3H3/t16-/m1/s1. The Labute approximate surface area is 184 Å². The van der Waals surface area contributed by atoms with Crippen molar-refractivity contribution in [1.29, 1.82) is 0 Å². The molecule has 8 heteroatoms. The molecule has 164 valence electrons. The summed E-state index contributed by atoms with van der Waals surface area (Å²) in [7, 11) is 1.63. The topological polar surface area (TPSA) is 65.1 Å². The van der Waals surface area contributed by atoms with E-state index in [4.69, 9.17) is 4.98 Å². The number of hydrogen-bond donors (Lipinski definition) is 0. The van der Waals surface area contributed by atoms with E-state index in [0.717, 1.165) is 12.2 Å². The second-order valence-electron chi connectivity index (χ2n) is 8.61. The zero-order valence-corrected chi connectivity index (χ0v) is 18.2. The van der Waals surface area contributed by atoms with E-state index in [1.165, 1.54) is 26.8 Å². The number of rotatable bonds is 3. The second kappa shape index (κ2) is 7.47. The smallest absolute Gasteiger partial charge is 0.312 e. The fourth-order valence-electron chi connectivity index (χ4n) is 4.36. The number of fused-ring (bicyclic) bond motifs is 3. The van der Waals surface area contributed by atoms with Gasteiger partial charge in [0, 0.05) is 25.8 Å². The number of halogens is 1. The van der Waals surface area contributed by atoms with Gasteiger partial charge in [-0.3, -0.25) is 13.9 Å². The monoisotopic (exact) mass is 433 g/mol. The van der Waals surface area contributed by atoms with Crippen LogP contribution in [0.4, 0.5) is 16.0 Å². The largest absolute Gasteiger partial charge is 0.332 e. The summed E-state index contributed by atoms with van der Waals surface area (Å²) in [5, 5.41) is 0. The summed E-state index contributed by atoms with van der Waals surface area (Å²) in [6, 6.07) is 14.0. The van der Waals surface area contributed by atoms with Gasteiger partial charge in [0.1, 0.15) is 5.82 Å². The van der Waals surface area contributed by atoms with Gasteiger partial charge in [-0.25, -0.2) is 9.18 Å². The third-order valence-electron chi connectivity index (χ3n) is 6.04. The highest BCUT2D eigenvalue weighted by Crippen LogP contribution is 2.32. The minimum Gasteiger partial charge on any atom is -0.312 e. The lowest BCUT2D eigenvalue weighted by molar-refractivity contribution is 0.458. The molecule has 3 heterocycles. The molecular formula is C24H24FN5O2. The molecule has 0 radical (unpaired) electrons. The van der Waals surface area contributed by atoms with Crippen molar-refractivity contribution in [3.8, 4) is 0 Å². The zero-order chi connectivity index (χ0) is 22.6. The molecule has 5 rings (SSSR count). The van der Waals surface area contributed by atoms with Gasteiger partial charge in [0.15, 0.2) is 11.2 Å². The van der Waals surface area contributed by atoms with Crippen molar-refractivity contribution in [3.05, 3.63) is 86.3 Å². The molecule has 2 aromatic carbocycles. The molecule has 1 aliphatic heterocycles. The molecule has 0 aliphatic carbocycles. The van der Waals surface area contributed by atoms with Crippen LogP contribution in [0.1, 0.15) is 18.1 Å². The first-order valence-electron chi connectivity index (χ1n) is 10.6. The molecule has 0 bridgehead atoms. The van der Waals surface area contributed by atoms with Crippen LogP contribution in [0.15, 0.2) is 58.1 Å². The molecule has 2 aromatic heterocycles. The summed E-state index contributed by atoms with van der Waals surface area (Å²) in [6.45, 7) is 5.65. The number of imidazole rings is 1. The maximum atomic E-state index is 13.5. The van der Waals surface area contributed by atoms with Crippen molar-refractivity contribution in [2.45, 2.75) is 26.9 Å². The molecule has 1 aliphatic rings. The van der Waals surface area contributed by atoms with Crippen LogP contribution in [-0.4, -0.2) is 25.2 Å². The first kappa shape index (κ1) is 20.2. The highest BCUT2D eigenvalue weighted by atomic mass is 19.1. The van der Waals surface area contributed by atoms with Crippen LogP contribution < -0.4 is 16.1 Å². The number of benzene rings is 2. The van der Waals surface area contributed by atoms with Crippen LogP contribution >= 0.6 is 0 Å². The quantitative estimate of drug-likeness (QED) is 0.498. The predicted octanol–water partition coefficient (Wildman–Crippen LogP) is 3.18. The average Bonchev–Trinajstić information content (AvgIpc) is 3.16. The Morgan fingerprint density at radius 2 is 1.72 bits per heavy atom. The van der Waals surface area contributed by atoms with E-state index in [0.29, 0.717) is 29.2 Å². The van der Waals surface area contributed by atoms with E-state index in [1.54, 1.807) is 19.2 Å². The normalized spacial score (nSPS) is 15.9. The number of nitrogens with zero attached hydrogens (tertiary/aromatic N) is 5. The molecule has 0 amide bonds. The fourth-order valence-corrected chi connectivity index (χ4v) is 4.36. The van der Waals surface area contributed by atoms with Crippen molar-refractivity contribution in [1.82, 2.24) is 18.7 Å². The Morgan fingerprint density at radius 3 is 2.41 bits per heavy atom. The number of anilines is 2. The molecule has 0 saturated carbocycles. The number of aryl methyl sites for hydroxylation is 2. The maximum absolute atomic E-state index is 13.5. The van der Waals surface area contributed by atoms with Crippen LogP contribution in [0.3, 0.4) is 0 Å². The molecular weight excluding hydrogens is 409 g/mol. The summed E-state index contributed by atoms with van der Waals surface area (Å²) < 4.78 is 17.8. The Hall–Kier alpha value is -3.68. The van der Waals surface area contributed by atoms with Crippen molar-refractivity contribution in [2.24, 2.45) is 13.0 Å². The average molecular weight is 433 g/mol. The second-order valence-corrected chi connectivity index (χ2v) is 8.61. The Balaban J connectivity index is 1.70. The van der Waals surface area contributed by atoms with Gasteiger partial charge in [-0.15, -0.1) is 0 Å². The number of aromatic nitrogens is 4. The zero-order valence-electron chi connectivity index (χ0n) is 18.2. The highest BCUT2D eigenvalue weighted by Gasteiger charge is 2.29. The molecule has 0 unspecified atom stereocenters. The van der Waals surface area contributed by atoms with E-state index in [2.05, 4.69) is 11.8 Å². The van der Waals surface area contributed by atoms with E-state index >= 15 is 0 Å². The molecule has 0 fully saturated rings. The van der Waals surface area contributed by atoms with Gasteiger partial charge in [0.05, 0.1) is 6.54 Å². The van der Waals surface area contributed by atoms with Gasteiger partial charge in [0.25, 0.3) is 5.56 Å². The number of hydrogen-bond acceptors (Lipinski definition) is 4. The third-order valence-corrected chi connectivity index (χ3v) is 6.04. The van der Waals surface area contributed by atoms with E-state index in [-0.39, 0.29) is 23.8 Å². The highest BCUT2D eigenvalue weighted by molar-refractivity contribution is 5.77. The van der Waals surface area contributed by atoms with Gasteiger partial charge in [-0.1, -0.05) is 36.8 Å². The summed E-state index contributed by atoms with van der Waals surface area (Å²) in [5.41, 5.74) is 2.79. The summed E-state index contributed by atoms with van der Waals surface area (Å²) in [4.78, 5) is 33.4. The van der Waals surface area contributed by atoms with E-state index in [1.807, 2.05) is 35.8 Å². The molecule has 7 nitrogen and oxygen atoms in total. The van der Waals surface area contributed by atoms with Crippen LogP contribution in [0.25, 0.3) is 11.2 Å². The van der Waals surface area contributed by atoms with Gasteiger partial charge >= 0.3 is 5.69 Å². The molecule has 0 saturated heterocycles. The maximum Gasteiger partial charge on any atom is 0.332 e. The third kappa shape index (κ3) is 3.23. The van der Waals surface area contributed by atoms with Crippen LogP contribution in [0.5, 0.6) is 0 Å².